The fourth-order valence-corrected chi connectivity index (χ4v) is 2.72. The lowest BCUT2D eigenvalue weighted by atomic mass is 9.96. The van der Waals surface area contributed by atoms with E-state index >= 15 is 0 Å². The molecule has 0 radical (unpaired) electrons. The van der Waals surface area contributed by atoms with Gasteiger partial charge in [-0.15, -0.1) is 0 Å². The third kappa shape index (κ3) is 3.95. The highest BCUT2D eigenvalue weighted by Crippen LogP contribution is 2.30. The van der Waals surface area contributed by atoms with E-state index in [2.05, 4.69) is 13.8 Å². The Labute approximate surface area is 137 Å². The summed E-state index contributed by atoms with van der Waals surface area (Å²) in [6.45, 7) is 8.10. The zero-order chi connectivity index (χ0) is 17.0. The first-order chi connectivity index (χ1) is 10.9. The third-order valence-corrected chi connectivity index (χ3v) is 3.70. The predicted octanol–water partition coefficient (Wildman–Crippen LogP) is 4.26. The van der Waals surface area contributed by atoms with E-state index in [9.17, 15) is 9.90 Å². The molecule has 0 aliphatic carbocycles. The van der Waals surface area contributed by atoms with E-state index in [0.717, 1.165) is 23.3 Å². The number of phenols is 1. The van der Waals surface area contributed by atoms with Crippen molar-refractivity contribution in [3.05, 3.63) is 52.5 Å². The van der Waals surface area contributed by atoms with Gasteiger partial charge in [-0.3, -0.25) is 0 Å². The second kappa shape index (κ2) is 7.36. The molecule has 0 fully saturated rings. The lowest BCUT2D eigenvalue weighted by Gasteiger charge is -2.09. The van der Waals surface area contributed by atoms with E-state index in [-0.39, 0.29) is 11.7 Å². The molecule has 4 heteroatoms. The van der Waals surface area contributed by atoms with Gasteiger partial charge in [0.25, 0.3) is 0 Å². The molecule has 1 aromatic carbocycles. The van der Waals surface area contributed by atoms with Crippen LogP contribution in [0.25, 0.3) is 0 Å². The number of aromatic hydroxyl groups is 1. The van der Waals surface area contributed by atoms with E-state index in [0.29, 0.717) is 30.3 Å². The van der Waals surface area contributed by atoms with Crippen LogP contribution < -0.4 is 0 Å². The molecule has 1 N–H and O–H groups in total. The van der Waals surface area contributed by atoms with Crippen LogP contribution >= 0.6 is 0 Å². The number of rotatable bonds is 6. The number of benzene rings is 1. The molecular formula is C19H24O4. The molecule has 0 spiro atoms. The summed E-state index contributed by atoms with van der Waals surface area (Å²) in [5.74, 6) is 1.57. The monoisotopic (exact) mass is 316 g/mol. The van der Waals surface area contributed by atoms with Crippen LogP contribution in [0.1, 0.15) is 53.8 Å². The number of carbonyl (C=O) groups excluding carboxylic acids is 1. The van der Waals surface area contributed by atoms with Gasteiger partial charge in [-0.05, 0) is 32.3 Å². The summed E-state index contributed by atoms with van der Waals surface area (Å²) in [5, 5.41) is 9.98. The average molecular weight is 316 g/mol. The molecule has 0 saturated heterocycles. The molecule has 4 nitrogen and oxygen atoms in total. The van der Waals surface area contributed by atoms with E-state index < -0.39 is 0 Å². The van der Waals surface area contributed by atoms with E-state index in [1.165, 1.54) is 0 Å². The summed E-state index contributed by atoms with van der Waals surface area (Å²) in [4.78, 5) is 12.3. The van der Waals surface area contributed by atoms with Gasteiger partial charge in [0.05, 0.1) is 6.61 Å². The number of hydrogen-bond acceptors (Lipinski definition) is 4. The summed E-state index contributed by atoms with van der Waals surface area (Å²) in [6, 6.07) is 7.17. The van der Waals surface area contributed by atoms with Crippen molar-refractivity contribution >= 4 is 5.97 Å². The molecule has 0 bridgehead atoms. The van der Waals surface area contributed by atoms with Crippen LogP contribution in [0.15, 0.2) is 28.7 Å². The van der Waals surface area contributed by atoms with Crippen molar-refractivity contribution in [1.82, 2.24) is 0 Å². The number of phenolic OH excluding ortho intramolecular Hbond substituents is 1. The number of furan rings is 1. The molecule has 1 heterocycles. The molecule has 0 aliphatic rings. The van der Waals surface area contributed by atoms with Crippen molar-refractivity contribution in [2.24, 2.45) is 5.92 Å². The normalized spacial score (nSPS) is 11.0. The Balaban J connectivity index is 2.44. The molecule has 0 amide bonds. The first kappa shape index (κ1) is 17.1. The minimum Gasteiger partial charge on any atom is -0.508 e. The average Bonchev–Trinajstić information content (AvgIpc) is 2.77. The number of para-hydroxylation sites is 1. The maximum Gasteiger partial charge on any atom is 0.341 e. The zero-order valence-electron chi connectivity index (χ0n) is 14.2. The maximum absolute atomic E-state index is 12.3. The lowest BCUT2D eigenvalue weighted by molar-refractivity contribution is 0.0523. The van der Waals surface area contributed by atoms with Crippen molar-refractivity contribution in [1.29, 1.82) is 0 Å². The molecule has 2 rings (SSSR count). The summed E-state index contributed by atoms with van der Waals surface area (Å²) < 4.78 is 11.0. The van der Waals surface area contributed by atoms with Crippen LogP contribution in [0.2, 0.25) is 0 Å². The highest BCUT2D eigenvalue weighted by atomic mass is 16.5. The molecular weight excluding hydrogens is 292 g/mol. The summed E-state index contributed by atoms with van der Waals surface area (Å²) >= 11 is 0. The second-order valence-electron chi connectivity index (χ2n) is 6.06. The first-order valence-corrected chi connectivity index (χ1v) is 7.99. The Hall–Kier alpha value is -2.23. The van der Waals surface area contributed by atoms with Crippen molar-refractivity contribution in [2.45, 2.75) is 40.5 Å². The van der Waals surface area contributed by atoms with Gasteiger partial charge in [0, 0.05) is 17.5 Å². The number of ether oxygens (including phenoxy) is 1. The van der Waals surface area contributed by atoms with Gasteiger partial charge in [-0.2, -0.15) is 0 Å². The van der Waals surface area contributed by atoms with Crippen LogP contribution in [0.4, 0.5) is 0 Å². The van der Waals surface area contributed by atoms with E-state index in [1.807, 2.05) is 12.1 Å². The van der Waals surface area contributed by atoms with Gasteiger partial charge in [0.15, 0.2) is 0 Å². The van der Waals surface area contributed by atoms with Crippen molar-refractivity contribution in [3.8, 4) is 5.75 Å². The predicted molar refractivity (Wildman–Crippen MR) is 88.9 cm³/mol. The number of esters is 1. The minimum atomic E-state index is -0.340. The van der Waals surface area contributed by atoms with E-state index in [1.54, 1.807) is 26.0 Å². The fraction of sp³-hybridized carbons (Fsp3) is 0.421. The Morgan fingerprint density at radius 3 is 2.61 bits per heavy atom. The SMILES string of the molecule is CCOC(=O)c1c(C)oc(Cc2ccccc2O)c1CC(C)C. The zero-order valence-corrected chi connectivity index (χ0v) is 14.2. The highest BCUT2D eigenvalue weighted by molar-refractivity contribution is 5.92. The largest absolute Gasteiger partial charge is 0.508 e. The molecule has 0 atom stereocenters. The quantitative estimate of drug-likeness (QED) is 0.809. The van der Waals surface area contributed by atoms with Gasteiger partial charge < -0.3 is 14.3 Å². The molecule has 1 aromatic heterocycles. The second-order valence-corrected chi connectivity index (χ2v) is 6.06. The van der Waals surface area contributed by atoms with Crippen LogP contribution in [0.3, 0.4) is 0 Å². The first-order valence-electron chi connectivity index (χ1n) is 7.99. The lowest BCUT2D eigenvalue weighted by Crippen LogP contribution is -2.10. The molecule has 23 heavy (non-hydrogen) atoms. The van der Waals surface area contributed by atoms with Crippen molar-refractivity contribution in [3.63, 3.8) is 0 Å². The Morgan fingerprint density at radius 2 is 2.00 bits per heavy atom. The fourth-order valence-electron chi connectivity index (χ4n) is 2.72. The summed E-state index contributed by atoms with van der Waals surface area (Å²) in [6.07, 6.45) is 1.18. The third-order valence-electron chi connectivity index (χ3n) is 3.70. The summed E-state index contributed by atoms with van der Waals surface area (Å²) in [7, 11) is 0. The topological polar surface area (TPSA) is 59.7 Å². The molecule has 0 saturated carbocycles. The highest BCUT2D eigenvalue weighted by Gasteiger charge is 2.25. The van der Waals surface area contributed by atoms with Gasteiger partial charge in [-0.25, -0.2) is 4.79 Å². The number of carbonyl (C=O) groups is 1. The van der Waals surface area contributed by atoms with Crippen LogP contribution in [0.5, 0.6) is 5.75 Å². The Kier molecular flexibility index (Phi) is 5.48. The molecule has 124 valence electrons. The molecule has 0 unspecified atom stereocenters. The van der Waals surface area contributed by atoms with E-state index in [4.69, 9.17) is 9.15 Å². The maximum atomic E-state index is 12.3. The molecule has 0 aliphatic heterocycles. The van der Waals surface area contributed by atoms with Crippen molar-refractivity contribution in [2.75, 3.05) is 6.61 Å². The number of aryl methyl sites for hydroxylation is 1. The van der Waals surface area contributed by atoms with Gasteiger partial charge in [0.1, 0.15) is 22.8 Å². The minimum absolute atomic E-state index is 0.231. The Morgan fingerprint density at radius 1 is 1.30 bits per heavy atom. The summed E-state index contributed by atoms with van der Waals surface area (Å²) in [5.41, 5.74) is 2.20. The van der Waals surface area contributed by atoms with Crippen LogP contribution in [0, 0.1) is 12.8 Å². The number of hydrogen-bond donors (Lipinski definition) is 1. The molecule has 2 aromatic rings. The smallest absolute Gasteiger partial charge is 0.341 e. The van der Waals surface area contributed by atoms with Crippen molar-refractivity contribution < 1.29 is 19.1 Å². The van der Waals surface area contributed by atoms with Gasteiger partial charge in [-0.1, -0.05) is 32.0 Å². The van der Waals surface area contributed by atoms with Crippen LogP contribution in [-0.4, -0.2) is 17.7 Å². The van der Waals surface area contributed by atoms with Gasteiger partial charge >= 0.3 is 5.97 Å². The van der Waals surface area contributed by atoms with Crippen LogP contribution in [-0.2, 0) is 17.6 Å². The Bertz CT molecular complexity index is 683. The van der Waals surface area contributed by atoms with Gasteiger partial charge in [0.2, 0.25) is 0 Å². The standard InChI is InChI=1S/C19H24O4/c1-5-22-19(21)18-13(4)23-17(15(18)10-12(2)3)11-14-8-6-7-9-16(14)20/h6-9,12,20H,5,10-11H2,1-4H3.